The number of amides is 2. The molecule has 12 heavy (non-hydrogen) atoms. The lowest BCUT2D eigenvalue weighted by Crippen LogP contribution is -2.63. The first-order chi connectivity index (χ1) is 5.70. The minimum atomic E-state index is 0.205. The van der Waals surface area contributed by atoms with Crippen LogP contribution in [0, 0.1) is 0 Å². The topological polar surface area (TPSA) is 23.6 Å². The van der Waals surface area contributed by atoms with Gasteiger partial charge in [-0.05, 0) is 25.7 Å². The van der Waals surface area contributed by atoms with Crippen LogP contribution in [0.2, 0.25) is 0 Å². The molecule has 2 unspecified atom stereocenters. The molecular formula is C9H16N2O. The molecule has 0 radical (unpaired) electrons. The molecular weight excluding hydrogens is 152 g/mol. The predicted molar refractivity (Wildman–Crippen MR) is 47.0 cm³/mol. The first kappa shape index (κ1) is 7.90. The lowest BCUT2D eigenvalue weighted by atomic mass is 9.80. The molecule has 0 spiro atoms. The molecule has 2 heterocycles. The fourth-order valence-corrected chi connectivity index (χ4v) is 2.35. The van der Waals surface area contributed by atoms with Gasteiger partial charge in [0.15, 0.2) is 0 Å². The van der Waals surface area contributed by atoms with Crippen molar-refractivity contribution in [1.82, 2.24) is 9.80 Å². The van der Waals surface area contributed by atoms with Gasteiger partial charge in [0.1, 0.15) is 0 Å². The van der Waals surface area contributed by atoms with Gasteiger partial charge in [-0.1, -0.05) is 0 Å². The number of carbonyl (C=O) groups is 1. The standard InChI is InChI=1S/C9H16N2O/c1-10(2)9(12)11-7-4-3-5-8(11)6-7/h7-8H,3-6H2,1-2H3. The van der Waals surface area contributed by atoms with Crippen molar-refractivity contribution in [3.05, 3.63) is 0 Å². The Balaban J connectivity index is 2.01. The Labute approximate surface area is 73.3 Å². The third-order valence-corrected chi connectivity index (χ3v) is 3.01. The van der Waals surface area contributed by atoms with E-state index in [4.69, 9.17) is 0 Å². The maximum atomic E-state index is 11.6. The summed E-state index contributed by atoms with van der Waals surface area (Å²) in [6.45, 7) is 0. The molecule has 0 aromatic rings. The SMILES string of the molecule is CN(C)C(=O)N1C2CCCC1C2. The number of fused-ring (bicyclic) bond motifs is 2. The number of nitrogens with zero attached hydrogens (tertiary/aromatic N) is 2. The monoisotopic (exact) mass is 168 g/mol. The fraction of sp³-hybridized carbons (Fsp3) is 0.889. The van der Waals surface area contributed by atoms with E-state index in [0.29, 0.717) is 12.1 Å². The summed E-state index contributed by atoms with van der Waals surface area (Å²) in [6.07, 6.45) is 5.00. The van der Waals surface area contributed by atoms with Crippen molar-refractivity contribution in [1.29, 1.82) is 0 Å². The third-order valence-electron chi connectivity index (χ3n) is 3.01. The van der Waals surface area contributed by atoms with Crippen LogP contribution in [0.4, 0.5) is 4.79 Å². The zero-order valence-corrected chi connectivity index (χ0v) is 7.79. The quantitative estimate of drug-likeness (QED) is 0.534. The van der Waals surface area contributed by atoms with E-state index in [2.05, 4.69) is 4.90 Å². The summed E-state index contributed by atoms with van der Waals surface area (Å²) in [5, 5.41) is 0. The van der Waals surface area contributed by atoms with Crippen molar-refractivity contribution in [3.8, 4) is 0 Å². The van der Waals surface area contributed by atoms with Crippen molar-refractivity contribution in [2.24, 2.45) is 0 Å². The van der Waals surface area contributed by atoms with Gasteiger partial charge in [-0.25, -0.2) is 4.79 Å². The summed E-state index contributed by atoms with van der Waals surface area (Å²) in [5.74, 6) is 0. The average molecular weight is 168 g/mol. The van der Waals surface area contributed by atoms with Crippen molar-refractivity contribution < 1.29 is 4.79 Å². The zero-order chi connectivity index (χ0) is 8.72. The first-order valence-electron chi connectivity index (χ1n) is 4.70. The zero-order valence-electron chi connectivity index (χ0n) is 7.79. The van der Waals surface area contributed by atoms with Gasteiger partial charge in [0.05, 0.1) is 0 Å². The van der Waals surface area contributed by atoms with E-state index < -0.39 is 0 Å². The van der Waals surface area contributed by atoms with Crippen molar-refractivity contribution in [3.63, 3.8) is 0 Å². The average Bonchev–Trinajstić information content (AvgIpc) is 2.05. The van der Waals surface area contributed by atoms with E-state index in [-0.39, 0.29) is 6.03 Å². The molecule has 0 aromatic carbocycles. The Morgan fingerprint density at radius 1 is 1.33 bits per heavy atom. The summed E-state index contributed by atoms with van der Waals surface area (Å²) in [4.78, 5) is 15.3. The number of hydrogen-bond acceptors (Lipinski definition) is 1. The molecule has 2 bridgehead atoms. The lowest BCUT2D eigenvalue weighted by Gasteiger charge is -2.53. The minimum absolute atomic E-state index is 0.205. The summed E-state index contributed by atoms with van der Waals surface area (Å²) >= 11 is 0. The second-order valence-corrected chi connectivity index (χ2v) is 4.06. The van der Waals surface area contributed by atoms with Crippen LogP contribution in [0.25, 0.3) is 0 Å². The Bertz CT molecular complexity index is 189. The van der Waals surface area contributed by atoms with E-state index in [9.17, 15) is 4.79 Å². The number of urea groups is 1. The molecule has 3 heteroatoms. The maximum Gasteiger partial charge on any atom is 0.319 e. The summed E-state index contributed by atoms with van der Waals surface area (Å²) in [6, 6.07) is 1.34. The Hall–Kier alpha value is -0.730. The second-order valence-electron chi connectivity index (χ2n) is 4.06. The molecule has 1 aliphatic carbocycles. The van der Waals surface area contributed by atoms with Crippen LogP contribution >= 0.6 is 0 Å². The maximum absolute atomic E-state index is 11.6. The third kappa shape index (κ3) is 0.993. The predicted octanol–water partition coefficient (Wildman–Crippen LogP) is 1.29. The molecule has 2 amide bonds. The van der Waals surface area contributed by atoms with E-state index in [1.54, 1.807) is 4.90 Å². The van der Waals surface area contributed by atoms with Gasteiger partial charge < -0.3 is 9.80 Å². The van der Waals surface area contributed by atoms with Crippen LogP contribution in [0.3, 0.4) is 0 Å². The molecule has 0 aromatic heterocycles. The van der Waals surface area contributed by atoms with Gasteiger partial charge in [-0.2, -0.15) is 0 Å². The molecule has 3 aliphatic rings. The van der Waals surface area contributed by atoms with E-state index in [1.807, 2.05) is 14.1 Å². The minimum Gasteiger partial charge on any atom is -0.331 e. The van der Waals surface area contributed by atoms with E-state index in [0.717, 1.165) is 0 Å². The summed E-state index contributed by atoms with van der Waals surface area (Å²) in [5.41, 5.74) is 0. The van der Waals surface area contributed by atoms with Crippen LogP contribution < -0.4 is 0 Å². The van der Waals surface area contributed by atoms with E-state index in [1.165, 1.54) is 25.7 Å². The van der Waals surface area contributed by atoms with Gasteiger partial charge in [0, 0.05) is 26.2 Å². The smallest absolute Gasteiger partial charge is 0.319 e. The van der Waals surface area contributed by atoms with Gasteiger partial charge in [0.2, 0.25) is 0 Å². The first-order valence-corrected chi connectivity index (χ1v) is 4.70. The Morgan fingerprint density at radius 2 is 1.92 bits per heavy atom. The molecule has 3 rings (SSSR count). The fourth-order valence-electron chi connectivity index (χ4n) is 2.35. The lowest BCUT2D eigenvalue weighted by molar-refractivity contribution is 0.000942. The highest BCUT2D eigenvalue weighted by Gasteiger charge is 2.44. The molecule has 3 fully saturated rings. The van der Waals surface area contributed by atoms with Crippen molar-refractivity contribution in [2.45, 2.75) is 37.8 Å². The highest BCUT2D eigenvalue weighted by molar-refractivity contribution is 5.75. The molecule has 1 saturated carbocycles. The molecule has 2 aliphatic heterocycles. The Kier molecular flexibility index (Phi) is 1.74. The number of hydrogen-bond donors (Lipinski definition) is 0. The molecule has 2 saturated heterocycles. The van der Waals surface area contributed by atoms with Gasteiger partial charge >= 0.3 is 6.03 Å². The van der Waals surface area contributed by atoms with Crippen molar-refractivity contribution >= 4 is 6.03 Å². The number of rotatable bonds is 0. The summed E-state index contributed by atoms with van der Waals surface area (Å²) < 4.78 is 0. The molecule has 2 atom stereocenters. The van der Waals surface area contributed by atoms with E-state index >= 15 is 0 Å². The van der Waals surface area contributed by atoms with Crippen LogP contribution in [0.15, 0.2) is 0 Å². The second kappa shape index (κ2) is 2.64. The van der Waals surface area contributed by atoms with Gasteiger partial charge in [-0.3, -0.25) is 0 Å². The van der Waals surface area contributed by atoms with Gasteiger partial charge in [0.25, 0.3) is 0 Å². The van der Waals surface area contributed by atoms with Crippen LogP contribution in [-0.4, -0.2) is 42.0 Å². The van der Waals surface area contributed by atoms with Crippen LogP contribution in [0.1, 0.15) is 25.7 Å². The molecule has 68 valence electrons. The normalized spacial score (nSPS) is 32.7. The largest absolute Gasteiger partial charge is 0.331 e. The van der Waals surface area contributed by atoms with Gasteiger partial charge in [-0.15, -0.1) is 0 Å². The van der Waals surface area contributed by atoms with Crippen LogP contribution in [0.5, 0.6) is 0 Å². The van der Waals surface area contributed by atoms with Crippen molar-refractivity contribution in [2.75, 3.05) is 14.1 Å². The molecule has 3 nitrogen and oxygen atoms in total. The highest BCUT2D eigenvalue weighted by atomic mass is 16.2. The van der Waals surface area contributed by atoms with Crippen LogP contribution in [-0.2, 0) is 0 Å². The highest BCUT2D eigenvalue weighted by Crippen LogP contribution is 2.38. The Morgan fingerprint density at radius 3 is 2.33 bits per heavy atom. The number of carbonyl (C=O) groups excluding carboxylic acids is 1. The number of piperidine rings is 1. The molecule has 0 N–H and O–H groups in total. The summed E-state index contributed by atoms with van der Waals surface area (Å²) in [7, 11) is 3.66.